The number of piperidine rings is 1. The fourth-order valence-electron chi connectivity index (χ4n) is 3.75. The summed E-state index contributed by atoms with van der Waals surface area (Å²) in [4.78, 5) is 6.47. The molecule has 152 valence electrons. The van der Waals surface area contributed by atoms with Crippen LogP contribution in [0.1, 0.15) is 24.0 Å². The highest BCUT2D eigenvalue weighted by molar-refractivity contribution is 7.91. The number of para-hydroxylation sites is 1. The molecule has 1 saturated heterocycles. The molecule has 1 aliphatic heterocycles. The van der Waals surface area contributed by atoms with Crippen LogP contribution in [0.15, 0.2) is 64.5 Å². The lowest BCUT2D eigenvalue weighted by atomic mass is 10.0. The standard InChI is InChI=1S/C22H22F2N2O2S/c1-16-6-8-19(9-7-16)29(27,28)20-12-17-4-2-5-18(21(17)25-13-20)14-26-11-3-10-22(23,24)15-26/h2,4-9,12-13H,3,10-11,14-15H2,1H3. The zero-order valence-electron chi connectivity index (χ0n) is 16.1. The minimum absolute atomic E-state index is 0.0719. The number of fused-ring (bicyclic) bond motifs is 1. The van der Waals surface area contributed by atoms with Crippen LogP contribution in [0, 0.1) is 6.92 Å². The number of benzene rings is 2. The first-order chi connectivity index (χ1) is 13.7. The second kappa shape index (κ2) is 7.46. The quantitative estimate of drug-likeness (QED) is 0.623. The molecule has 0 spiro atoms. The van der Waals surface area contributed by atoms with Crippen molar-refractivity contribution in [3.05, 3.63) is 65.9 Å². The van der Waals surface area contributed by atoms with Crippen LogP contribution in [0.2, 0.25) is 0 Å². The third-order valence-corrected chi connectivity index (χ3v) is 7.01. The van der Waals surface area contributed by atoms with Crippen LogP contribution < -0.4 is 0 Å². The number of likely N-dealkylation sites (tertiary alicyclic amines) is 1. The van der Waals surface area contributed by atoms with Crippen LogP contribution in [-0.2, 0) is 16.4 Å². The number of halogens is 2. The lowest BCUT2D eigenvalue weighted by molar-refractivity contribution is -0.0660. The molecular weight excluding hydrogens is 394 g/mol. The predicted molar refractivity (Wildman–Crippen MR) is 108 cm³/mol. The molecule has 2 aromatic carbocycles. The van der Waals surface area contributed by atoms with Gasteiger partial charge in [0.2, 0.25) is 9.84 Å². The van der Waals surface area contributed by atoms with Crippen molar-refractivity contribution in [3.8, 4) is 0 Å². The minimum atomic E-state index is -3.67. The molecule has 7 heteroatoms. The number of hydrogen-bond acceptors (Lipinski definition) is 4. The number of rotatable bonds is 4. The van der Waals surface area contributed by atoms with Gasteiger partial charge in [0.1, 0.15) is 0 Å². The summed E-state index contributed by atoms with van der Waals surface area (Å²) in [5, 5.41) is 0.680. The summed E-state index contributed by atoms with van der Waals surface area (Å²) in [7, 11) is -3.67. The fraction of sp³-hybridized carbons (Fsp3) is 0.318. The van der Waals surface area contributed by atoms with Crippen molar-refractivity contribution in [2.45, 2.75) is 42.0 Å². The third-order valence-electron chi connectivity index (χ3n) is 5.28. The van der Waals surface area contributed by atoms with E-state index in [9.17, 15) is 17.2 Å². The Morgan fingerprint density at radius 1 is 1.10 bits per heavy atom. The van der Waals surface area contributed by atoms with Gasteiger partial charge in [0, 0.05) is 24.5 Å². The molecule has 29 heavy (non-hydrogen) atoms. The average Bonchev–Trinajstić information content (AvgIpc) is 2.67. The van der Waals surface area contributed by atoms with Crippen LogP contribution in [0.4, 0.5) is 8.78 Å². The first-order valence-electron chi connectivity index (χ1n) is 9.54. The molecule has 0 unspecified atom stereocenters. The molecule has 1 aliphatic rings. The van der Waals surface area contributed by atoms with E-state index in [1.807, 2.05) is 19.1 Å². The van der Waals surface area contributed by atoms with Gasteiger partial charge in [0.05, 0.1) is 21.9 Å². The van der Waals surface area contributed by atoms with Gasteiger partial charge in [-0.05, 0) is 43.7 Å². The van der Waals surface area contributed by atoms with Crippen molar-refractivity contribution in [1.29, 1.82) is 0 Å². The highest BCUT2D eigenvalue weighted by Gasteiger charge is 2.35. The fourth-order valence-corrected chi connectivity index (χ4v) is 4.99. The van der Waals surface area contributed by atoms with Crippen molar-refractivity contribution < 1.29 is 17.2 Å². The molecule has 1 aromatic heterocycles. The molecule has 4 nitrogen and oxygen atoms in total. The van der Waals surface area contributed by atoms with Gasteiger partial charge in [-0.3, -0.25) is 9.88 Å². The topological polar surface area (TPSA) is 50.3 Å². The van der Waals surface area contributed by atoms with Gasteiger partial charge < -0.3 is 0 Å². The lowest BCUT2D eigenvalue weighted by Crippen LogP contribution is -2.42. The van der Waals surface area contributed by atoms with E-state index in [0.717, 1.165) is 11.1 Å². The molecule has 0 aliphatic carbocycles. The monoisotopic (exact) mass is 416 g/mol. The highest BCUT2D eigenvalue weighted by atomic mass is 32.2. The van der Waals surface area contributed by atoms with E-state index in [4.69, 9.17) is 0 Å². The van der Waals surface area contributed by atoms with Crippen molar-refractivity contribution in [2.75, 3.05) is 13.1 Å². The molecule has 0 amide bonds. The smallest absolute Gasteiger partial charge is 0.260 e. The lowest BCUT2D eigenvalue weighted by Gasteiger charge is -2.32. The van der Waals surface area contributed by atoms with Crippen LogP contribution in [0.3, 0.4) is 0 Å². The molecule has 0 radical (unpaired) electrons. The number of alkyl halides is 2. The van der Waals surface area contributed by atoms with Crippen molar-refractivity contribution in [2.24, 2.45) is 0 Å². The first kappa shape index (κ1) is 19.9. The zero-order valence-corrected chi connectivity index (χ0v) is 16.9. The maximum absolute atomic E-state index is 13.7. The summed E-state index contributed by atoms with van der Waals surface area (Å²) in [6.45, 7) is 2.62. The van der Waals surface area contributed by atoms with Gasteiger partial charge in [-0.2, -0.15) is 0 Å². The van der Waals surface area contributed by atoms with Gasteiger partial charge in [-0.25, -0.2) is 17.2 Å². The molecule has 0 saturated carbocycles. The normalized spacial score (nSPS) is 17.5. The summed E-state index contributed by atoms with van der Waals surface area (Å²) < 4.78 is 53.3. The first-order valence-corrected chi connectivity index (χ1v) is 11.0. The Bertz CT molecular complexity index is 1150. The Morgan fingerprint density at radius 3 is 2.59 bits per heavy atom. The Balaban J connectivity index is 1.66. The van der Waals surface area contributed by atoms with Gasteiger partial charge in [-0.15, -0.1) is 0 Å². The Kier molecular flexibility index (Phi) is 5.12. The number of sulfone groups is 1. The molecule has 0 atom stereocenters. The van der Waals surface area contributed by atoms with Gasteiger partial charge in [-0.1, -0.05) is 35.9 Å². The Morgan fingerprint density at radius 2 is 1.86 bits per heavy atom. The van der Waals surface area contributed by atoms with E-state index in [1.165, 1.54) is 6.20 Å². The summed E-state index contributed by atoms with van der Waals surface area (Å²) in [6, 6.07) is 13.8. The summed E-state index contributed by atoms with van der Waals surface area (Å²) >= 11 is 0. The van der Waals surface area contributed by atoms with Crippen LogP contribution in [0.25, 0.3) is 10.9 Å². The summed E-state index contributed by atoms with van der Waals surface area (Å²) in [6.07, 6.45) is 1.74. The molecule has 0 bridgehead atoms. The Hall–Kier alpha value is -2.38. The Labute approximate surface area is 169 Å². The maximum Gasteiger partial charge on any atom is 0.260 e. The van der Waals surface area contributed by atoms with Gasteiger partial charge in [0.15, 0.2) is 0 Å². The molecule has 0 N–H and O–H groups in total. The van der Waals surface area contributed by atoms with E-state index < -0.39 is 15.8 Å². The van der Waals surface area contributed by atoms with Crippen LogP contribution in [-0.4, -0.2) is 37.3 Å². The maximum atomic E-state index is 13.7. The number of nitrogens with zero attached hydrogens (tertiary/aromatic N) is 2. The van der Waals surface area contributed by atoms with Crippen molar-refractivity contribution in [1.82, 2.24) is 9.88 Å². The van der Waals surface area contributed by atoms with E-state index >= 15 is 0 Å². The predicted octanol–water partition coefficient (Wildman–Crippen LogP) is 4.61. The SMILES string of the molecule is Cc1ccc(S(=O)(=O)c2cnc3c(CN4CCCC(F)(F)C4)cccc3c2)cc1. The largest absolute Gasteiger partial charge is 0.293 e. The number of aromatic nitrogens is 1. The number of pyridine rings is 1. The second-order valence-electron chi connectivity index (χ2n) is 7.65. The molecular formula is C22H22F2N2O2S. The third kappa shape index (κ3) is 4.16. The molecule has 3 aromatic rings. The van der Waals surface area contributed by atoms with E-state index in [0.29, 0.717) is 30.4 Å². The second-order valence-corrected chi connectivity index (χ2v) is 9.60. The van der Waals surface area contributed by atoms with Crippen LogP contribution in [0.5, 0.6) is 0 Å². The summed E-state index contributed by atoms with van der Waals surface area (Å²) in [5.41, 5.74) is 2.44. The number of aryl methyl sites for hydroxylation is 1. The average molecular weight is 416 g/mol. The van der Waals surface area contributed by atoms with Crippen molar-refractivity contribution >= 4 is 20.7 Å². The minimum Gasteiger partial charge on any atom is -0.293 e. The van der Waals surface area contributed by atoms with Gasteiger partial charge in [0.25, 0.3) is 5.92 Å². The molecule has 4 rings (SSSR count). The number of hydrogen-bond donors (Lipinski definition) is 0. The zero-order chi connectivity index (χ0) is 20.6. The molecule has 2 heterocycles. The van der Waals surface area contributed by atoms with Crippen molar-refractivity contribution in [3.63, 3.8) is 0 Å². The van der Waals surface area contributed by atoms with Crippen LogP contribution >= 0.6 is 0 Å². The highest BCUT2D eigenvalue weighted by Crippen LogP contribution is 2.29. The summed E-state index contributed by atoms with van der Waals surface area (Å²) in [5.74, 6) is -2.66. The molecule has 1 fully saturated rings. The van der Waals surface area contributed by atoms with E-state index in [2.05, 4.69) is 4.98 Å². The van der Waals surface area contributed by atoms with E-state index in [1.54, 1.807) is 41.3 Å². The van der Waals surface area contributed by atoms with Gasteiger partial charge >= 0.3 is 0 Å². The van der Waals surface area contributed by atoms with E-state index in [-0.39, 0.29) is 22.8 Å².